The average molecular weight is 944 g/mol. The van der Waals surface area contributed by atoms with E-state index in [-0.39, 0.29) is 18.9 Å². The molecule has 0 bridgehead atoms. The molecule has 0 saturated carbocycles. The molecule has 14 heteroatoms. The van der Waals surface area contributed by atoms with E-state index in [1.165, 1.54) is 141 Å². The smallest absolute Gasteiger partial charge is 0.220 e. The van der Waals surface area contributed by atoms with E-state index in [1.807, 2.05) is 6.08 Å². The van der Waals surface area contributed by atoms with Gasteiger partial charge in [0.05, 0.1) is 32.0 Å². The van der Waals surface area contributed by atoms with Crippen molar-refractivity contribution in [2.24, 2.45) is 0 Å². The van der Waals surface area contributed by atoms with Crippen LogP contribution in [0.3, 0.4) is 0 Å². The minimum Gasteiger partial charge on any atom is -0.394 e. The molecule has 388 valence electrons. The highest BCUT2D eigenvalue weighted by molar-refractivity contribution is 5.76. The van der Waals surface area contributed by atoms with Crippen LogP contribution in [0.5, 0.6) is 0 Å². The lowest BCUT2D eigenvalue weighted by atomic mass is 9.97. The van der Waals surface area contributed by atoms with E-state index in [4.69, 9.17) is 18.9 Å². The fourth-order valence-corrected chi connectivity index (χ4v) is 8.78. The van der Waals surface area contributed by atoms with E-state index < -0.39 is 86.8 Å². The zero-order valence-electron chi connectivity index (χ0n) is 41.2. The third-order valence-corrected chi connectivity index (χ3v) is 13.1. The van der Waals surface area contributed by atoms with E-state index in [1.54, 1.807) is 6.08 Å². The van der Waals surface area contributed by atoms with Crippen molar-refractivity contribution in [2.75, 3.05) is 19.8 Å². The van der Waals surface area contributed by atoms with Crippen LogP contribution in [0.2, 0.25) is 0 Å². The van der Waals surface area contributed by atoms with Gasteiger partial charge in [0.25, 0.3) is 0 Å². The molecule has 2 heterocycles. The number of nitrogens with one attached hydrogen (secondary N) is 1. The van der Waals surface area contributed by atoms with Crippen LogP contribution >= 0.6 is 0 Å². The molecule has 2 fully saturated rings. The molecule has 14 nitrogen and oxygen atoms in total. The van der Waals surface area contributed by atoms with Gasteiger partial charge in [0.2, 0.25) is 5.91 Å². The number of aliphatic hydroxyl groups excluding tert-OH is 8. The van der Waals surface area contributed by atoms with Crippen LogP contribution in [0.4, 0.5) is 0 Å². The minimum atomic E-state index is -1.79. The lowest BCUT2D eigenvalue weighted by Gasteiger charge is -2.46. The predicted molar refractivity (Wildman–Crippen MR) is 258 cm³/mol. The zero-order chi connectivity index (χ0) is 48.2. The third kappa shape index (κ3) is 25.9. The number of unbranched alkanes of at least 4 members (excludes halogenated alkanes) is 26. The van der Waals surface area contributed by atoms with Crippen molar-refractivity contribution in [3.8, 4) is 0 Å². The minimum absolute atomic E-state index is 0.254. The summed E-state index contributed by atoms with van der Waals surface area (Å²) in [5.41, 5.74) is 0. The highest BCUT2D eigenvalue weighted by Crippen LogP contribution is 2.30. The van der Waals surface area contributed by atoms with Gasteiger partial charge in [0.15, 0.2) is 12.6 Å². The van der Waals surface area contributed by atoms with Crippen LogP contribution in [0.15, 0.2) is 24.3 Å². The summed E-state index contributed by atoms with van der Waals surface area (Å²) in [7, 11) is 0. The molecular weight excluding hydrogens is 847 g/mol. The summed E-state index contributed by atoms with van der Waals surface area (Å²) in [5, 5.41) is 86.6. The van der Waals surface area contributed by atoms with Gasteiger partial charge in [-0.25, -0.2) is 0 Å². The Balaban J connectivity index is 1.76. The first-order chi connectivity index (χ1) is 32.1. The Morgan fingerprint density at radius 3 is 1.48 bits per heavy atom. The maximum absolute atomic E-state index is 13.1. The van der Waals surface area contributed by atoms with Gasteiger partial charge in [0.1, 0.15) is 48.8 Å². The van der Waals surface area contributed by atoms with Gasteiger partial charge in [-0.2, -0.15) is 0 Å². The lowest BCUT2D eigenvalue weighted by molar-refractivity contribution is -0.359. The second-order valence-electron chi connectivity index (χ2n) is 19.0. The van der Waals surface area contributed by atoms with Crippen molar-refractivity contribution in [2.45, 2.75) is 280 Å². The molecule has 12 unspecified atom stereocenters. The summed E-state index contributed by atoms with van der Waals surface area (Å²) in [6.45, 7) is 2.73. The maximum atomic E-state index is 13.1. The van der Waals surface area contributed by atoms with E-state index in [0.29, 0.717) is 12.8 Å². The molecule has 0 aromatic rings. The molecular formula is C52H97NO13. The number of aliphatic hydroxyl groups is 8. The van der Waals surface area contributed by atoms with E-state index in [2.05, 4.69) is 31.3 Å². The van der Waals surface area contributed by atoms with E-state index in [9.17, 15) is 45.6 Å². The Morgan fingerprint density at radius 2 is 0.970 bits per heavy atom. The molecule has 2 saturated heterocycles. The number of carbonyl (C=O) groups is 1. The lowest BCUT2D eigenvalue weighted by Crippen LogP contribution is -2.65. The Morgan fingerprint density at radius 1 is 0.530 bits per heavy atom. The molecule has 0 aliphatic carbocycles. The first-order valence-corrected chi connectivity index (χ1v) is 26.6. The number of allylic oxidation sites excluding steroid dienone is 3. The monoisotopic (exact) mass is 944 g/mol. The largest absolute Gasteiger partial charge is 0.394 e. The molecule has 1 amide bonds. The fraction of sp³-hybridized carbons (Fsp3) is 0.904. The summed E-state index contributed by atoms with van der Waals surface area (Å²) >= 11 is 0. The molecule has 0 spiro atoms. The molecule has 0 radical (unpaired) electrons. The van der Waals surface area contributed by atoms with Crippen molar-refractivity contribution in [1.82, 2.24) is 5.32 Å². The zero-order valence-corrected chi connectivity index (χ0v) is 41.2. The van der Waals surface area contributed by atoms with Gasteiger partial charge in [-0.1, -0.05) is 192 Å². The second-order valence-corrected chi connectivity index (χ2v) is 19.0. The summed E-state index contributed by atoms with van der Waals surface area (Å²) in [4.78, 5) is 13.1. The number of rotatable bonds is 41. The summed E-state index contributed by atoms with van der Waals surface area (Å²) in [6.07, 6.45) is 26.8. The van der Waals surface area contributed by atoms with Crippen molar-refractivity contribution in [1.29, 1.82) is 0 Å². The van der Waals surface area contributed by atoms with Gasteiger partial charge in [-0.05, 0) is 32.1 Å². The van der Waals surface area contributed by atoms with Crippen molar-refractivity contribution in [3.63, 3.8) is 0 Å². The van der Waals surface area contributed by atoms with Gasteiger partial charge in [-0.15, -0.1) is 0 Å². The first kappa shape index (κ1) is 60.6. The highest BCUT2D eigenvalue weighted by Gasteiger charge is 2.51. The fourth-order valence-electron chi connectivity index (χ4n) is 8.78. The van der Waals surface area contributed by atoms with Crippen LogP contribution in [-0.4, -0.2) is 140 Å². The second kappa shape index (κ2) is 39.2. The van der Waals surface area contributed by atoms with E-state index in [0.717, 1.165) is 32.1 Å². The van der Waals surface area contributed by atoms with Gasteiger partial charge in [-0.3, -0.25) is 4.79 Å². The molecule has 0 aromatic carbocycles. The summed E-state index contributed by atoms with van der Waals surface area (Å²) in [6, 6.07) is -0.925. The van der Waals surface area contributed by atoms with Crippen molar-refractivity contribution >= 4 is 5.91 Å². The Kier molecular flexibility index (Phi) is 36.0. The highest BCUT2D eigenvalue weighted by atomic mass is 16.7. The SMILES string of the molecule is CCCCCCCCCCCCCCCCCCCC/C=C/CC/C=C/C(O)C(COC1OC(CO)C(OC2OC(CO)C(O)C(O)C2O)C(O)C1O)NC(=O)CCCCCCCCCC. The Hall–Kier alpha value is -1.53. The molecule has 2 rings (SSSR count). The molecule has 0 aromatic heterocycles. The molecule has 2 aliphatic heterocycles. The number of hydrogen-bond acceptors (Lipinski definition) is 13. The first-order valence-electron chi connectivity index (χ1n) is 26.6. The van der Waals surface area contributed by atoms with Gasteiger partial charge < -0.3 is 65.1 Å². The van der Waals surface area contributed by atoms with Crippen LogP contribution in [0, 0.1) is 0 Å². The molecule has 66 heavy (non-hydrogen) atoms. The number of ether oxygens (including phenoxy) is 4. The average Bonchev–Trinajstić information content (AvgIpc) is 3.31. The topological polar surface area (TPSA) is 228 Å². The molecule has 2 aliphatic rings. The Labute approximate surface area is 398 Å². The summed E-state index contributed by atoms with van der Waals surface area (Å²) in [5.74, 6) is -0.254. The van der Waals surface area contributed by atoms with Crippen molar-refractivity contribution < 1.29 is 64.6 Å². The van der Waals surface area contributed by atoms with Gasteiger partial charge in [0, 0.05) is 6.42 Å². The van der Waals surface area contributed by atoms with Crippen LogP contribution in [-0.2, 0) is 23.7 Å². The Bertz CT molecular complexity index is 1210. The molecule has 9 N–H and O–H groups in total. The van der Waals surface area contributed by atoms with Gasteiger partial charge >= 0.3 is 0 Å². The van der Waals surface area contributed by atoms with E-state index >= 15 is 0 Å². The normalized spacial score (nSPS) is 26.9. The number of carbonyl (C=O) groups excluding carboxylic acids is 1. The summed E-state index contributed by atoms with van der Waals surface area (Å²) < 4.78 is 22.6. The van der Waals surface area contributed by atoms with Crippen LogP contribution in [0.25, 0.3) is 0 Å². The third-order valence-electron chi connectivity index (χ3n) is 13.1. The number of amides is 1. The standard InChI is InChI=1S/C52H97NO13/c1-3-5-7-9-11-13-14-15-16-17-18-19-20-21-22-23-24-25-26-27-28-29-31-33-35-41(56)40(53-44(57)36-34-32-30-12-10-8-6-4-2)39-63-51-49(62)47(60)50(43(38-55)65-51)66-52-48(61)46(59)45(58)42(37-54)64-52/h27-28,33,35,40-43,45-52,54-56,58-62H,3-26,29-32,34,36-39H2,1-2H3,(H,53,57)/b28-27+,35-33+. The predicted octanol–water partition coefficient (Wildman–Crippen LogP) is 7.33. The van der Waals surface area contributed by atoms with Crippen molar-refractivity contribution in [3.05, 3.63) is 24.3 Å². The maximum Gasteiger partial charge on any atom is 0.220 e. The number of hydrogen-bond donors (Lipinski definition) is 9. The quantitative estimate of drug-likeness (QED) is 0.0216. The van der Waals surface area contributed by atoms with Crippen LogP contribution < -0.4 is 5.32 Å². The molecule has 12 atom stereocenters. The van der Waals surface area contributed by atoms with Crippen LogP contribution in [0.1, 0.15) is 206 Å².